The Labute approximate surface area is 126 Å². The molecule has 0 saturated heterocycles. The Morgan fingerprint density at radius 1 is 1.38 bits per heavy atom. The van der Waals surface area contributed by atoms with Crippen LogP contribution in [-0.4, -0.2) is 22.6 Å². The molecule has 0 aromatic carbocycles. The average molecular weight is 290 g/mol. The summed E-state index contributed by atoms with van der Waals surface area (Å²) in [7, 11) is 0. The van der Waals surface area contributed by atoms with Gasteiger partial charge in [0.15, 0.2) is 5.82 Å². The summed E-state index contributed by atoms with van der Waals surface area (Å²) in [6, 6.07) is 2.26. The summed E-state index contributed by atoms with van der Waals surface area (Å²) in [6.07, 6.45) is 5.64. The van der Waals surface area contributed by atoms with Gasteiger partial charge in [-0.2, -0.15) is 0 Å². The molecule has 5 nitrogen and oxygen atoms in total. The molecule has 0 aliphatic heterocycles. The molecule has 3 rings (SSSR count). The molecule has 5 heteroatoms. The first-order valence-electron chi connectivity index (χ1n) is 8.13. The van der Waals surface area contributed by atoms with Gasteiger partial charge in [-0.15, -0.1) is 0 Å². The van der Waals surface area contributed by atoms with E-state index in [9.17, 15) is 0 Å². The second-order valence-electron chi connectivity index (χ2n) is 6.50. The molecule has 3 N–H and O–H groups in total. The molecular formula is C16H26N4O. The molecule has 21 heavy (non-hydrogen) atoms. The number of hydrogen-bond acceptors (Lipinski definition) is 5. The van der Waals surface area contributed by atoms with Gasteiger partial charge in [-0.25, -0.2) is 9.97 Å². The van der Waals surface area contributed by atoms with Crippen molar-refractivity contribution in [2.24, 2.45) is 17.8 Å². The van der Waals surface area contributed by atoms with Crippen LogP contribution in [0.4, 0.5) is 11.6 Å². The zero-order valence-corrected chi connectivity index (χ0v) is 13.0. The van der Waals surface area contributed by atoms with Gasteiger partial charge in [-0.05, 0) is 50.9 Å². The number of fused-ring (bicyclic) bond motifs is 2. The third-order valence-corrected chi connectivity index (χ3v) is 5.04. The Kier molecular flexibility index (Phi) is 4.29. The van der Waals surface area contributed by atoms with Crippen molar-refractivity contribution in [3.8, 4) is 0 Å². The standard InChI is InChI=1S/C16H26N4O/c1-3-21-9-16-19-14(17)8-15(20-16)18-10(2)13-7-11-4-5-12(13)6-11/h8,10-13H,3-7,9H2,1-2H3,(H3,17,18,19,20). The van der Waals surface area contributed by atoms with Crippen LogP contribution in [0.15, 0.2) is 6.07 Å². The first kappa shape index (κ1) is 14.6. The highest BCUT2D eigenvalue weighted by Gasteiger charge is 2.41. The highest BCUT2D eigenvalue weighted by atomic mass is 16.5. The Balaban J connectivity index is 1.65. The lowest BCUT2D eigenvalue weighted by atomic mass is 9.84. The summed E-state index contributed by atoms with van der Waals surface area (Å²) in [5.74, 6) is 4.62. The quantitative estimate of drug-likeness (QED) is 0.843. The number of nitrogens with one attached hydrogen (secondary N) is 1. The molecule has 1 aromatic rings. The van der Waals surface area contributed by atoms with E-state index in [-0.39, 0.29) is 0 Å². The number of rotatable bonds is 6. The second-order valence-corrected chi connectivity index (χ2v) is 6.50. The summed E-state index contributed by atoms with van der Waals surface area (Å²) in [5.41, 5.74) is 5.87. The van der Waals surface area contributed by atoms with Crippen LogP contribution in [0.1, 0.15) is 45.4 Å². The molecule has 0 radical (unpaired) electrons. The van der Waals surface area contributed by atoms with Crippen LogP contribution in [0.3, 0.4) is 0 Å². The maximum absolute atomic E-state index is 5.87. The zero-order chi connectivity index (χ0) is 14.8. The summed E-state index contributed by atoms with van der Waals surface area (Å²) in [6.45, 7) is 5.30. The largest absolute Gasteiger partial charge is 0.384 e. The van der Waals surface area contributed by atoms with E-state index in [4.69, 9.17) is 10.5 Å². The van der Waals surface area contributed by atoms with Crippen molar-refractivity contribution < 1.29 is 4.74 Å². The Bertz CT molecular complexity index is 493. The number of anilines is 2. The van der Waals surface area contributed by atoms with Gasteiger partial charge in [0.25, 0.3) is 0 Å². The predicted molar refractivity (Wildman–Crippen MR) is 83.8 cm³/mol. The number of nitrogens with two attached hydrogens (primary N) is 1. The van der Waals surface area contributed by atoms with Gasteiger partial charge in [0.1, 0.15) is 18.2 Å². The molecular weight excluding hydrogens is 264 g/mol. The van der Waals surface area contributed by atoms with Crippen molar-refractivity contribution in [1.29, 1.82) is 0 Å². The van der Waals surface area contributed by atoms with Crippen molar-refractivity contribution in [1.82, 2.24) is 9.97 Å². The molecule has 2 saturated carbocycles. The van der Waals surface area contributed by atoms with Gasteiger partial charge in [0.2, 0.25) is 0 Å². The van der Waals surface area contributed by atoms with E-state index < -0.39 is 0 Å². The van der Waals surface area contributed by atoms with Crippen molar-refractivity contribution in [2.75, 3.05) is 17.7 Å². The summed E-state index contributed by atoms with van der Waals surface area (Å²) < 4.78 is 5.37. The molecule has 2 aliphatic rings. The smallest absolute Gasteiger partial charge is 0.158 e. The number of nitrogen functional groups attached to an aromatic ring is 1. The first-order valence-corrected chi connectivity index (χ1v) is 8.13. The molecule has 1 aromatic heterocycles. The highest BCUT2D eigenvalue weighted by Crippen LogP contribution is 2.49. The maximum atomic E-state index is 5.87. The molecule has 2 fully saturated rings. The summed E-state index contributed by atoms with van der Waals surface area (Å²) in [4.78, 5) is 8.73. The van der Waals surface area contributed by atoms with Gasteiger partial charge in [0.05, 0.1) is 0 Å². The average Bonchev–Trinajstić information content (AvgIpc) is 3.07. The molecule has 0 spiro atoms. The SMILES string of the molecule is CCOCc1nc(N)cc(NC(C)C2CC3CCC2C3)n1. The van der Waals surface area contributed by atoms with E-state index in [0.717, 1.165) is 23.6 Å². The van der Waals surface area contributed by atoms with Gasteiger partial charge in [-0.3, -0.25) is 0 Å². The van der Waals surface area contributed by atoms with Crippen LogP contribution in [0.25, 0.3) is 0 Å². The Morgan fingerprint density at radius 2 is 2.24 bits per heavy atom. The molecule has 2 aliphatic carbocycles. The second kappa shape index (κ2) is 6.18. The molecule has 116 valence electrons. The van der Waals surface area contributed by atoms with Crippen LogP contribution < -0.4 is 11.1 Å². The minimum Gasteiger partial charge on any atom is -0.384 e. The van der Waals surface area contributed by atoms with E-state index >= 15 is 0 Å². The minimum absolute atomic E-state index is 0.415. The van der Waals surface area contributed by atoms with Crippen LogP contribution in [0.5, 0.6) is 0 Å². The van der Waals surface area contributed by atoms with E-state index in [0.29, 0.717) is 30.9 Å². The van der Waals surface area contributed by atoms with Gasteiger partial charge < -0.3 is 15.8 Å². The lowest BCUT2D eigenvalue weighted by molar-refractivity contribution is 0.128. The summed E-state index contributed by atoms with van der Waals surface area (Å²) >= 11 is 0. The van der Waals surface area contributed by atoms with Gasteiger partial charge in [-0.1, -0.05) is 6.42 Å². The lowest BCUT2D eigenvalue weighted by Crippen LogP contribution is -2.30. The molecule has 1 heterocycles. The monoisotopic (exact) mass is 290 g/mol. The third-order valence-electron chi connectivity index (χ3n) is 5.04. The van der Waals surface area contributed by atoms with Crippen molar-refractivity contribution in [3.63, 3.8) is 0 Å². The van der Waals surface area contributed by atoms with Gasteiger partial charge >= 0.3 is 0 Å². The lowest BCUT2D eigenvalue weighted by Gasteiger charge is -2.29. The fourth-order valence-electron chi connectivity index (χ4n) is 4.10. The maximum Gasteiger partial charge on any atom is 0.158 e. The van der Waals surface area contributed by atoms with E-state index in [2.05, 4.69) is 22.2 Å². The van der Waals surface area contributed by atoms with Crippen LogP contribution in [0, 0.1) is 17.8 Å². The van der Waals surface area contributed by atoms with Crippen molar-refractivity contribution >= 4 is 11.6 Å². The zero-order valence-electron chi connectivity index (χ0n) is 13.0. The molecule has 2 bridgehead atoms. The van der Waals surface area contributed by atoms with Crippen molar-refractivity contribution in [3.05, 3.63) is 11.9 Å². The fourth-order valence-corrected chi connectivity index (χ4v) is 4.10. The van der Waals surface area contributed by atoms with E-state index in [1.54, 1.807) is 0 Å². The van der Waals surface area contributed by atoms with E-state index in [1.165, 1.54) is 25.7 Å². The van der Waals surface area contributed by atoms with Crippen LogP contribution in [0.2, 0.25) is 0 Å². The first-order chi connectivity index (χ1) is 10.2. The number of hydrogen-bond donors (Lipinski definition) is 2. The third kappa shape index (κ3) is 3.28. The van der Waals surface area contributed by atoms with Crippen LogP contribution >= 0.6 is 0 Å². The van der Waals surface area contributed by atoms with Crippen molar-refractivity contribution in [2.45, 2.75) is 52.2 Å². The normalized spacial score (nSPS) is 28.8. The fraction of sp³-hybridized carbons (Fsp3) is 0.750. The summed E-state index contributed by atoms with van der Waals surface area (Å²) in [5, 5.41) is 3.54. The number of aromatic nitrogens is 2. The minimum atomic E-state index is 0.415. The highest BCUT2D eigenvalue weighted by molar-refractivity contribution is 5.45. The molecule has 4 atom stereocenters. The predicted octanol–water partition coefficient (Wildman–Crippen LogP) is 2.83. The van der Waals surface area contributed by atoms with Crippen LogP contribution in [-0.2, 0) is 11.3 Å². The van der Waals surface area contributed by atoms with Gasteiger partial charge in [0, 0.05) is 18.7 Å². The molecule has 0 amide bonds. The topological polar surface area (TPSA) is 73.1 Å². The Hall–Kier alpha value is -1.36. The number of ether oxygens (including phenoxy) is 1. The number of nitrogens with zero attached hydrogens (tertiary/aromatic N) is 2. The van der Waals surface area contributed by atoms with E-state index in [1.807, 2.05) is 13.0 Å². The Morgan fingerprint density at radius 3 is 2.90 bits per heavy atom. The molecule has 4 unspecified atom stereocenters.